The molecule has 0 saturated heterocycles. The summed E-state index contributed by atoms with van der Waals surface area (Å²) in [5.74, 6) is 6.24. The van der Waals surface area contributed by atoms with Gasteiger partial charge in [0.2, 0.25) is 0 Å². The van der Waals surface area contributed by atoms with Crippen molar-refractivity contribution in [2.75, 3.05) is 0 Å². The summed E-state index contributed by atoms with van der Waals surface area (Å²) in [6.45, 7) is 2.18. The number of nitrogens with zero attached hydrogens (tertiary/aromatic N) is 1. The molecule has 1 nitrogen and oxygen atoms in total. The van der Waals surface area contributed by atoms with E-state index in [0.29, 0.717) is 22.9 Å². The van der Waals surface area contributed by atoms with E-state index in [0.717, 1.165) is 41.3 Å². The summed E-state index contributed by atoms with van der Waals surface area (Å²) in [5.41, 5.74) is 5.62. The molecular formula is C30H24FN. The van der Waals surface area contributed by atoms with Gasteiger partial charge in [0.1, 0.15) is 5.82 Å². The third-order valence-corrected chi connectivity index (χ3v) is 5.64. The predicted octanol–water partition coefficient (Wildman–Crippen LogP) is 6.99. The van der Waals surface area contributed by atoms with Crippen molar-refractivity contribution < 1.29 is 4.39 Å². The molecule has 32 heavy (non-hydrogen) atoms. The Balaban J connectivity index is 1.50. The molecule has 0 N–H and O–H groups in total. The number of fused-ring (bicyclic) bond motifs is 1. The van der Waals surface area contributed by atoms with Crippen LogP contribution in [0.2, 0.25) is 0 Å². The SMILES string of the molecule is CCCc1ccc(C#Cc2ccc3c(F)c(CCc4ccc(C#N)cc4)ccc3c2)cc1. The van der Waals surface area contributed by atoms with Crippen LogP contribution in [0.1, 0.15) is 46.7 Å². The lowest BCUT2D eigenvalue weighted by Crippen LogP contribution is -1.96. The molecule has 4 aromatic rings. The lowest BCUT2D eigenvalue weighted by molar-refractivity contribution is 0.620. The topological polar surface area (TPSA) is 23.8 Å². The van der Waals surface area contributed by atoms with E-state index in [1.165, 1.54) is 5.56 Å². The van der Waals surface area contributed by atoms with Crippen LogP contribution >= 0.6 is 0 Å². The largest absolute Gasteiger partial charge is 0.206 e. The van der Waals surface area contributed by atoms with Crippen LogP contribution in [0.5, 0.6) is 0 Å². The molecule has 0 aliphatic rings. The number of hydrogen-bond donors (Lipinski definition) is 0. The quantitative estimate of drug-likeness (QED) is 0.321. The second-order valence-corrected chi connectivity index (χ2v) is 7.98. The second kappa shape index (κ2) is 9.95. The average Bonchev–Trinajstić information content (AvgIpc) is 2.84. The van der Waals surface area contributed by atoms with E-state index in [1.54, 1.807) is 12.1 Å². The van der Waals surface area contributed by atoms with Crippen molar-refractivity contribution in [3.63, 3.8) is 0 Å². The Kier molecular flexibility index (Phi) is 6.64. The maximum Gasteiger partial charge on any atom is 0.134 e. The minimum absolute atomic E-state index is 0.165. The zero-order valence-corrected chi connectivity index (χ0v) is 18.2. The summed E-state index contributed by atoms with van der Waals surface area (Å²) >= 11 is 0. The molecule has 0 saturated carbocycles. The number of aryl methyl sites for hydroxylation is 3. The Morgan fingerprint density at radius 2 is 1.31 bits per heavy atom. The Morgan fingerprint density at radius 1 is 0.688 bits per heavy atom. The molecule has 0 unspecified atom stereocenters. The van der Waals surface area contributed by atoms with Gasteiger partial charge < -0.3 is 0 Å². The molecule has 4 aromatic carbocycles. The molecule has 156 valence electrons. The number of halogens is 1. The van der Waals surface area contributed by atoms with Gasteiger partial charge in [-0.2, -0.15) is 5.26 Å². The smallest absolute Gasteiger partial charge is 0.134 e. The zero-order chi connectivity index (χ0) is 22.3. The first-order valence-electron chi connectivity index (χ1n) is 11.0. The van der Waals surface area contributed by atoms with E-state index in [4.69, 9.17) is 5.26 Å². The van der Waals surface area contributed by atoms with Crippen LogP contribution in [0.25, 0.3) is 10.8 Å². The van der Waals surface area contributed by atoms with E-state index in [2.05, 4.69) is 49.1 Å². The van der Waals surface area contributed by atoms with Gasteiger partial charge in [-0.05, 0) is 77.7 Å². The molecule has 0 heterocycles. The summed E-state index contributed by atoms with van der Waals surface area (Å²) in [4.78, 5) is 0. The summed E-state index contributed by atoms with van der Waals surface area (Å²) in [5, 5.41) is 10.4. The molecule has 0 fully saturated rings. The highest BCUT2D eigenvalue weighted by molar-refractivity contribution is 5.85. The van der Waals surface area contributed by atoms with Crippen LogP contribution in [0.15, 0.2) is 78.9 Å². The summed E-state index contributed by atoms with van der Waals surface area (Å²) < 4.78 is 15.1. The van der Waals surface area contributed by atoms with Gasteiger partial charge in [-0.3, -0.25) is 0 Å². The van der Waals surface area contributed by atoms with Crippen LogP contribution in [0.3, 0.4) is 0 Å². The number of benzene rings is 4. The van der Waals surface area contributed by atoms with Gasteiger partial charge in [0.15, 0.2) is 0 Å². The fraction of sp³-hybridized carbons (Fsp3) is 0.167. The van der Waals surface area contributed by atoms with Crippen molar-refractivity contribution >= 4 is 10.8 Å². The molecule has 0 spiro atoms. The van der Waals surface area contributed by atoms with E-state index >= 15 is 4.39 Å². The normalized spacial score (nSPS) is 10.4. The van der Waals surface area contributed by atoms with Crippen LogP contribution in [-0.4, -0.2) is 0 Å². The van der Waals surface area contributed by atoms with Crippen LogP contribution in [0.4, 0.5) is 4.39 Å². The zero-order valence-electron chi connectivity index (χ0n) is 18.2. The van der Waals surface area contributed by atoms with Gasteiger partial charge in [0, 0.05) is 16.5 Å². The van der Waals surface area contributed by atoms with Gasteiger partial charge in [-0.25, -0.2) is 4.39 Å². The third kappa shape index (κ3) is 5.05. The van der Waals surface area contributed by atoms with Crippen molar-refractivity contribution in [1.82, 2.24) is 0 Å². The Hall–Kier alpha value is -3.88. The number of nitriles is 1. The molecule has 0 aliphatic carbocycles. The van der Waals surface area contributed by atoms with Crippen molar-refractivity contribution in [2.24, 2.45) is 0 Å². The summed E-state index contributed by atoms with van der Waals surface area (Å²) in [7, 11) is 0. The van der Waals surface area contributed by atoms with E-state index in [1.807, 2.05) is 42.5 Å². The first-order valence-corrected chi connectivity index (χ1v) is 11.0. The van der Waals surface area contributed by atoms with Gasteiger partial charge in [0.25, 0.3) is 0 Å². The van der Waals surface area contributed by atoms with E-state index < -0.39 is 0 Å². The highest BCUT2D eigenvalue weighted by Gasteiger charge is 2.08. The fourth-order valence-corrected chi connectivity index (χ4v) is 3.82. The predicted molar refractivity (Wildman–Crippen MR) is 129 cm³/mol. The minimum Gasteiger partial charge on any atom is -0.206 e. The van der Waals surface area contributed by atoms with Gasteiger partial charge >= 0.3 is 0 Å². The Morgan fingerprint density at radius 3 is 2.00 bits per heavy atom. The van der Waals surface area contributed by atoms with Crippen molar-refractivity contribution in [3.05, 3.63) is 118 Å². The second-order valence-electron chi connectivity index (χ2n) is 7.98. The summed E-state index contributed by atoms with van der Waals surface area (Å²) in [6, 6.07) is 27.4. The van der Waals surface area contributed by atoms with Gasteiger partial charge in [0.05, 0.1) is 11.6 Å². The van der Waals surface area contributed by atoms with Gasteiger partial charge in [-0.15, -0.1) is 0 Å². The molecule has 0 aliphatic heterocycles. The first kappa shape index (κ1) is 21.4. The lowest BCUT2D eigenvalue weighted by Gasteiger charge is -2.08. The number of rotatable bonds is 5. The van der Waals surface area contributed by atoms with E-state index in [9.17, 15) is 0 Å². The Labute approximate surface area is 189 Å². The molecule has 0 radical (unpaired) electrons. The highest BCUT2D eigenvalue weighted by atomic mass is 19.1. The van der Waals surface area contributed by atoms with Crippen molar-refractivity contribution in [1.29, 1.82) is 5.26 Å². The average molecular weight is 418 g/mol. The molecule has 0 bridgehead atoms. The number of hydrogen-bond acceptors (Lipinski definition) is 1. The first-order chi connectivity index (χ1) is 15.7. The molecule has 0 amide bonds. The van der Waals surface area contributed by atoms with Crippen molar-refractivity contribution in [2.45, 2.75) is 32.6 Å². The van der Waals surface area contributed by atoms with Crippen LogP contribution in [-0.2, 0) is 19.3 Å². The van der Waals surface area contributed by atoms with Crippen LogP contribution < -0.4 is 0 Å². The van der Waals surface area contributed by atoms with Crippen molar-refractivity contribution in [3.8, 4) is 17.9 Å². The third-order valence-electron chi connectivity index (χ3n) is 5.64. The fourth-order valence-electron chi connectivity index (χ4n) is 3.82. The van der Waals surface area contributed by atoms with Gasteiger partial charge in [-0.1, -0.05) is 67.6 Å². The highest BCUT2D eigenvalue weighted by Crippen LogP contribution is 2.23. The van der Waals surface area contributed by atoms with Crippen LogP contribution in [0, 0.1) is 29.0 Å². The maximum atomic E-state index is 15.1. The molecular weight excluding hydrogens is 393 g/mol. The molecule has 0 aromatic heterocycles. The molecule has 4 rings (SSSR count). The summed E-state index contributed by atoms with van der Waals surface area (Å²) in [6.07, 6.45) is 3.56. The molecule has 0 atom stereocenters. The monoisotopic (exact) mass is 417 g/mol. The lowest BCUT2D eigenvalue weighted by atomic mass is 9.98. The Bertz CT molecular complexity index is 1330. The standard InChI is InChI=1S/C30H24FN/c1-2-3-22-4-6-23(7-5-22)8-11-25-15-19-29-28(20-25)18-17-27(30(29)31)16-14-24-9-12-26(21-32)13-10-24/h4-7,9-10,12-13,15,17-20H,2-3,14,16H2,1H3. The maximum absolute atomic E-state index is 15.1. The van der Waals surface area contributed by atoms with E-state index in [-0.39, 0.29) is 5.82 Å². The molecule has 2 heteroatoms. The minimum atomic E-state index is -0.165.